The van der Waals surface area contributed by atoms with E-state index >= 15 is 0 Å². The van der Waals surface area contributed by atoms with Crippen molar-refractivity contribution in [1.29, 1.82) is 0 Å². The van der Waals surface area contributed by atoms with Gasteiger partial charge in [-0.1, -0.05) is 35.4 Å². The molecule has 0 fully saturated rings. The highest BCUT2D eigenvalue weighted by molar-refractivity contribution is 7.87. The van der Waals surface area contributed by atoms with Crippen LogP contribution in [0.25, 0.3) is 6.08 Å². The summed E-state index contributed by atoms with van der Waals surface area (Å²) in [5, 5.41) is 0. The van der Waals surface area contributed by atoms with Crippen LogP contribution >= 0.6 is 0 Å². The van der Waals surface area contributed by atoms with E-state index < -0.39 is 10.1 Å². The average Bonchev–Trinajstić information content (AvgIpc) is 2.61. The molecule has 1 atom stereocenters. The van der Waals surface area contributed by atoms with Crippen molar-refractivity contribution >= 4 is 16.2 Å². The molecule has 0 aliphatic carbocycles. The second kappa shape index (κ2) is 7.84. The number of aryl methyl sites for hydroxylation is 1. The molecule has 5 heteroatoms. The Morgan fingerprint density at radius 2 is 1.86 bits per heavy atom. The van der Waals surface area contributed by atoms with Crippen LogP contribution in [-0.2, 0) is 10.1 Å². The number of hydrogen-bond donors (Lipinski definition) is 0. The summed E-state index contributed by atoms with van der Waals surface area (Å²) in [7, 11) is -3.87. The smallest absolute Gasteiger partial charge is 0.339 e. The lowest BCUT2D eigenvalue weighted by Crippen LogP contribution is -2.31. The molecule has 0 saturated carbocycles. The Hall–Kier alpha value is -2.53. The van der Waals surface area contributed by atoms with Crippen LogP contribution in [0.1, 0.15) is 44.7 Å². The van der Waals surface area contributed by atoms with Gasteiger partial charge in [-0.25, -0.2) is 0 Å². The highest BCUT2D eigenvalue weighted by Gasteiger charge is 2.27. The number of hydrogen-bond acceptors (Lipinski definition) is 4. The Labute approximate surface area is 167 Å². The van der Waals surface area contributed by atoms with Crippen LogP contribution in [0.4, 0.5) is 0 Å². The fourth-order valence-electron chi connectivity index (χ4n) is 3.01. The van der Waals surface area contributed by atoms with Gasteiger partial charge in [-0.2, -0.15) is 8.42 Å². The van der Waals surface area contributed by atoms with Gasteiger partial charge < -0.3 is 8.92 Å². The van der Waals surface area contributed by atoms with E-state index in [0.717, 1.165) is 29.7 Å². The molecule has 4 nitrogen and oxygen atoms in total. The number of fused-ring (bicyclic) bond motifs is 1. The molecule has 1 aliphatic rings. The molecule has 2 aromatic carbocycles. The van der Waals surface area contributed by atoms with Gasteiger partial charge in [0.1, 0.15) is 22.0 Å². The quantitative estimate of drug-likeness (QED) is 0.464. The van der Waals surface area contributed by atoms with Crippen LogP contribution < -0.4 is 8.92 Å². The Balaban J connectivity index is 1.76. The highest BCUT2D eigenvalue weighted by Crippen LogP contribution is 2.36. The van der Waals surface area contributed by atoms with E-state index in [1.54, 1.807) is 42.5 Å². The Bertz CT molecular complexity index is 1010. The molecule has 0 aromatic heterocycles. The minimum Gasteiger partial charge on any atom is -0.483 e. The maximum Gasteiger partial charge on any atom is 0.339 e. The molecule has 0 radical (unpaired) electrons. The third-order valence-corrected chi connectivity index (χ3v) is 5.91. The van der Waals surface area contributed by atoms with Crippen molar-refractivity contribution in [3.63, 3.8) is 0 Å². The Morgan fingerprint density at radius 3 is 2.54 bits per heavy atom. The molecule has 0 bridgehead atoms. The van der Waals surface area contributed by atoms with Crippen molar-refractivity contribution in [1.82, 2.24) is 0 Å². The predicted molar refractivity (Wildman–Crippen MR) is 112 cm³/mol. The van der Waals surface area contributed by atoms with Gasteiger partial charge in [-0.15, -0.1) is 0 Å². The van der Waals surface area contributed by atoms with E-state index in [1.165, 1.54) is 5.57 Å². The third kappa shape index (κ3) is 4.84. The molecule has 148 valence electrons. The van der Waals surface area contributed by atoms with E-state index in [1.807, 2.05) is 19.1 Å². The van der Waals surface area contributed by atoms with E-state index in [0.29, 0.717) is 0 Å². The molecule has 0 N–H and O–H groups in total. The first-order valence-corrected chi connectivity index (χ1v) is 10.7. The molecule has 0 spiro atoms. The minimum atomic E-state index is -3.87. The van der Waals surface area contributed by atoms with Crippen LogP contribution in [0.15, 0.2) is 65.1 Å². The number of benzene rings is 2. The van der Waals surface area contributed by atoms with E-state index in [2.05, 4.69) is 26.8 Å². The molecule has 2 aromatic rings. The fraction of sp³-hybridized carbons (Fsp3) is 0.304. The van der Waals surface area contributed by atoms with Gasteiger partial charge in [0.25, 0.3) is 0 Å². The molecule has 0 saturated heterocycles. The SMILES string of the molecule is CC(C)=CCCC1(C)C=Cc2cc(OS(=O)(=O)c3ccc(C)cc3)ccc2O1. The minimum absolute atomic E-state index is 0.134. The van der Waals surface area contributed by atoms with Crippen LogP contribution in [0.2, 0.25) is 0 Å². The molecule has 0 amide bonds. The van der Waals surface area contributed by atoms with Crippen molar-refractivity contribution in [2.75, 3.05) is 0 Å². The maximum absolute atomic E-state index is 12.5. The van der Waals surface area contributed by atoms with E-state index in [9.17, 15) is 8.42 Å². The van der Waals surface area contributed by atoms with Crippen molar-refractivity contribution in [2.24, 2.45) is 0 Å². The lowest BCUT2D eigenvalue weighted by atomic mass is 9.94. The highest BCUT2D eigenvalue weighted by atomic mass is 32.2. The third-order valence-electron chi connectivity index (χ3n) is 4.65. The van der Waals surface area contributed by atoms with Crippen molar-refractivity contribution < 1.29 is 17.3 Å². The summed E-state index contributed by atoms with van der Waals surface area (Å²) < 4.78 is 36.4. The number of ether oxygens (including phenoxy) is 1. The Kier molecular flexibility index (Phi) is 5.66. The van der Waals surface area contributed by atoms with Gasteiger partial charge in [0.2, 0.25) is 0 Å². The maximum atomic E-state index is 12.5. The summed E-state index contributed by atoms with van der Waals surface area (Å²) in [5.74, 6) is 0.989. The van der Waals surface area contributed by atoms with Crippen LogP contribution in [0.3, 0.4) is 0 Å². The first-order chi connectivity index (χ1) is 13.2. The number of allylic oxidation sites excluding steroid dienone is 2. The first kappa shape index (κ1) is 20.2. The Morgan fingerprint density at radius 1 is 1.14 bits per heavy atom. The lowest BCUT2D eigenvalue weighted by Gasteiger charge is -2.31. The molecule has 1 heterocycles. The molecular weight excluding hydrogens is 372 g/mol. The zero-order valence-corrected chi connectivity index (χ0v) is 17.5. The second-order valence-corrected chi connectivity index (χ2v) is 9.16. The summed E-state index contributed by atoms with van der Waals surface area (Å²) in [6.45, 7) is 8.13. The monoisotopic (exact) mass is 398 g/mol. The van der Waals surface area contributed by atoms with Crippen molar-refractivity contribution in [3.8, 4) is 11.5 Å². The van der Waals surface area contributed by atoms with Crippen LogP contribution in [0, 0.1) is 6.92 Å². The van der Waals surface area contributed by atoms with Crippen LogP contribution in [0.5, 0.6) is 11.5 Å². The fourth-order valence-corrected chi connectivity index (χ4v) is 3.94. The molecule has 1 unspecified atom stereocenters. The van der Waals surface area contributed by atoms with Gasteiger partial charge in [-0.3, -0.25) is 0 Å². The van der Waals surface area contributed by atoms with E-state index in [-0.39, 0.29) is 16.2 Å². The van der Waals surface area contributed by atoms with Gasteiger partial charge >= 0.3 is 10.1 Å². The van der Waals surface area contributed by atoms with Crippen LogP contribution in [-0.4, -0.2) is 14.0 Å². The summed E-state index contributed by atoms with van der Waals surface area (Å²) in [4.78, 5) is 0.134. The summed E-state index contributed by atoms with van der Waals surface area (Å²) >= 11 is 0. The molecule has 1 aliphatic heterocycles. The average molecular weight is 399 g/mol. The second-order valence-electron chi connectivity index (χ2n) is 7.62. The molecular formula is C23H26O4S. The predicted octanol–water partition coefficient (Wildman–Crippen LogP) is 5.67. The summed E-state index contributed by atoms with van der Waals surface area (Å²) in [6, 6.07) is 11.7. The van der Waals surface area contributed by atoms with Gasteiger partial charge in [0.05, 0.1) is 0 Å². The van der Waals surface area contributed by atoms with Crippen molar-refractivity contribution in [2.45, 2.75) is 51.0 Å². The van der Waals surface area contributed by atoms with Crippen molar-refractivity contribution in [3.05, 3.63) is 71.3 Å². The first-order valence-electron chi connectivity index (χ1n) is 9.34. The standard InChI is InChI=1S/C23H26O4S/c1-17(2)6-5-14-23(4)15-13-19-16-20(9-12-22(19)26-23)27-28(24,25)21-10-7-18(3)8-11-21/h6-13,15-16H,5,14H2,1-4H3. The van der Waals surface area contributed by atoms with Gasteiger partial charge in [-0.05, 0) is 76.9 Å². The van der Waals surface area contributed by atoms with Gasteiger partial charge in [0.15, 0.2) is 0 Å². The summed E-state index contributed by atoms with van der Waals surface area (Å²) in [5.41, 5.74) is 2.70. The zero-order chi connectivity index (χ0) is 20.4. The zero-order valence-electron chi connectivity index (χ0n) is 16.7. The lowest BCUT2D eigenvalue weighted by molar-refractivity contribution is 0.128. The number of rotatable bonds is 6. The van der Waals surface area contributed by atoms with E-state index in [4.69, 9.17) is 8.92 Å². The molecule has 3 rings (SSSR count). The molecule has 28 heavy (non-hydrogen) atoms. The normalized spacial score (nSPS) is 18.1. The largest absolute Gasteiger partial charge is 0.483 e. The van der Waals surface area contributed by atoms with Gasteiger partial charge in [0, 0.05) is 5.56 Å². The summed E-state index contributed by atoms with van der Waals surface area (Å²) in [6.07, 6.45) is 7.99. The topological polar surface area (TPSA) is 52.6 Å².